The van der Waals surface area contributed by atoms with Crippen molar-refractivity contribution in [1.29, 1.82) is 0 Å². The van der Waals surface area contributed by atoms with Crippen molar-refractivity contribution in [2.75, 3.05) is 20.3 Å². The third-order valence-corrected chi connectivity index (χ3v) is 4.16. The maximum absolute atomic E-state index is 12.9. The molecule has 0 amide bonds. The molecular formula is C22H29NO4. The predicted molar refractivity (Wildman–Crippen MR) is 106 cm³/mol. The summed E-state index contributed by atoms with van der Waals surface area (Å²) in [4.78, 5) is 12.9. The van der Waals surface area contributed by atoms with Crippen molar-refractivity contribution in [3.63, 3.8) is 0 Å². The minimum absolute atomic E-state index is 0.0902. The minimum Gasteiger partial charge on any atom is -0.497 e. The smallest absolute Gasteiger partial charge is 0.191 e. The highest BCUT2D eigenvalue weighted by Crippen LogP contribution is 2.17. The summed E-state index contributed by atoms with van der Waals surface area (Å²) >= 11 is 0. The van der Waals surface area contributed by atoms with Crippen LogP contribution in [0.3, 0.4) is 0 Å². The van der Waals surface area contributed by atoms with Crippen LogP contribution in [0.4, 0.5) is 0 Å². The van der Waals surface area contributed by atoms with Crippen molar-refractivity contribution < 1.29 is 19.4 Å². The predicted octanol–water partition coefficient (Wildman–Crippen LogP) is 2.86. The molecule has 0 aliphatic carbocycles. The molecule has 0 aliphatic rings. The standard InChI is InChI=1S/C22H29NO4/c1-16(2)23-14-19(24)15-27-21(22(25)18-9-5-4-6-10-18)13-17-8-7-11-20(12-17)26-3/h4-12,16,19,21,23-24H,13-15H2,1-3H3. The number of rotatable bonds is 11. The van der Waals surface area contributed by atoms with Gasteiger partial charge in [-0.15, -0.1) is 0 Å². The summed E-state index contributed by atoms with van der Waals surface area (Å²) in [6.45, 7) is 4.53. The van der Waals surface area contributed by atoms with E-state index in [4.69, 9.17) is 9.47 Å². The second-order valence-corrected chi connectivity index (χ2v) is 6.82. The van der Waals surface area contributed by atoms with Gasteiger partial charge in [0.15, 0.2) is 5.78 Å². The summed E-state index contributed by atoms with van der Waals surface area (Å²) in [7, 11) is 1.61. The summed E-state index contributed by atoms with van der Waals surface area (Å²) in [5.41, 5.74) is 1.54. The van der Waals surface area contributed by atoms with Gasteiger partial charge in [-0.25, -0.2) is 0 Å². The first kappa shape index (κ1) is 21.1. The third kappa shape index (κ3) is 7.13. The first-order valence-electron chi connectivity index (χ1n) is 9.25. The lowest BCUT2D eigenvalue weighted by Crippen LogP contribution is -2.37. The maximum atomic E-state index is 12.9. The molecule has 0 bridgehead atoms. The zero-order valence-corrected chi connectivity index (χ0v) is 16.2. The van der Waals surface area contributed by atoms with Crippen LogP contribution in [0.25, 0.3) is 0 Å². The number of hydrogen-bond acceptors (Lipinski definition) is 5. The number of benzene rings is 2. The zero-order chi connectivity index (χ0) is 19.6. The number of aliphatic hydroxyl groups excluding tert-OH is 1. The van der Waals surface area contributed by atoms with Crippen molar-refractivity contribution in [2.24, 2.45) is 0 Å². The Morgan fingerprint density at radius 2 is 1.85 bits per heavy atom. The van der Waals surface area contributed by atoms with Gasteiger partial charge in [0, 0.05) is 24.6 Å². The summed E-state index contributed by atoms with van der Waals surface area (Å²) in [5, 5.41) is 13.3. The molecule has 0 saturated carbocycles. The van der Waals surface area contributed by atoms with Gasteiger partial charge in [-0.1, -0.05) is 56.3 Å². The van der Waals surface area contributed by atoms with Crippen molar-refractivity contribution in [2.45, 2.75) is 38.5 Å². The molecule has 0 radical (unpaired) electrons. The molecule has 0 aromatic heterocycles. The summed E-state index contributed by atoms with van der Waals surface area (Å²) in [6.07, 6.45) is -0.938. The molecule has 0 heterocycles. The van der Waals surface area contributed by atoms with Crippen LogP contribution in [0, 0.1) is 0 Å². The highest BCUT2D eigenvalue weighted by molar-refractivity contribution is 5.99. The van der Waals surface area contributed by atoms with E-state index in [-0.39, 0.29) is 18.4 Å². The molecular weight excluding hydrogens is 342 g/mol. The number of aliphatic hydroxyl groups is 1. The molecule has 5 nitrogen and oxygen atoms in total. The number of ether oxygens (including phenoxy) is 2. The van der Waals surface area contributed by atoms with Crippen LogP contribution in [-0.4, -0.2) is 49.4 Å². The van der Waals surface area contributed by atoms with Gasteiger partial charge in [0.2, 0.25) is 0 Å². The van der Waals surface area contributed by atoms with E-state index in [9.17, 15) is 9.90 Å². The lowest BCUT2D eigenvalue weighted by atomic mass is 9.99. The maximum Gasteiger partial charge on any atom is 0.191 e. The molecule has 5 heteroatoms. The summed E-state index contributed by atoms with van der Waals surface area (Å²) in [6, 6.07) is 16.9. The highest BCUT2D eigenvalue weighted by atomic mass is 16.5. The van der Waals surface area contributed by atoms with Crippen LogP contribution >= 0.6 is 0 Å². The lowest BCUT2D eigenvalue weighted by Gasteiger charge is -2.20. The Morgan fingerprint density at radius 3 is 2.52 bits per heavy atom. The number of Topliss-reactive ketones (excluding diaryl/α,β-unsaturated/α-hetero) is 1. The Morgan fingerprint density at radius 1 is 1.11 bits per heavy atom. The van der Waals surface area contributed by atoms with E-state index in [2.05, 4.69) is 5.32 Å². The molecule has 146 valence electrons. The van der Waals surface area contributed by atoms with Crippen molar-refractivity contribution in [3.8, 4) is 5.75 Å². The van der Waals surface area contributed by atoms with Gasteiger partial charge in [0.05, 0.1) is 19.8 Å². The van der Waals surface area contributed by atoms with Gasteiger partial charge < -0.3 is 19.9 Å². The Labute approximate surface area is 161 Å². The van der Waals surface area contributed by atoms with Crippen molar-refractivity contribution in [3.05, 3.63) is 65.7 Å². The Balaban J connectivity index is 2.09. The molecule has 2 unspecified atom stereocenters. The van der Waals surface area contributed by atoms with Gasteiger partial charge >= 0.3 is 0 Å². The monoisotopic (exact) mass is 371 g/mol. The van der Waals surface area contributed by atoms with Crippen molar-refractivity contribution in [1.82, 2.24) is 5.32 Å². The van der Waals surface area contributed by atoms with Crippen LogP contribution in [0.5, 0.6) is 5.75 Å². The average Bonchev–Trinajstić information content (AvgIpc) is 2.69. The molecule has 2 rings (SSSR count). The van der Waals surface area contributed by atoms with E-state index >= 15 is 0 Å². The largest absolute Gasteiger partial charge is 0.497 e. The fraction of sp³-hybridized carbons (Fsp3) is 0.409. The molecule has 2 N–H and O–H groups in total. The van der Waals surface area contributed by atoms with E-state index in [1.165, 1.54) is 0 Å². The van der Waals surface area contributed by atoms with Crippen LogP contribution in [-0.2, 0) is 11.2 Å². The SMILES string of the molecule is COc1cccc(CC(OCC(O)CNC(C)C)C(=O)c2ccccc2)c1. The summed E-state index contributed by atoms with van der Waals surface area (Å²) in [5.74, 6) is 0.641. The first-order valence-corrected chi connectivity index (χ1v) is 9.25. The van der Waals surface area contributed by atoms with Gasteiger partial charge in [-0.2, -0.15) is 0 Å². The minimum atomic E-state index is -0.677. The van der Waals surface area contributed by atoms with E-state index in [1.54, 1.807) is 19.2 Å². The third-order valence-electron chi connectivity index (χ3n) is 4.16. The average molecular weight is 371 g/mol. The van der Waals surface area contributed by atoms with E-state index in [0.717, 1.165) is 11.3 Å². The van der Waals surface area contributed by atoms with E-state index in [1.807, 2.05) is 56.3 Å². The van der Waals surface area contributed by atoms with Crippen LogP contribution in [0.1, 0.15) is 29.8 Å². The van der Waals surface area contributed by atoms with E-state index in [0.29, 0.717) is 18.5 Å². The zero-order valence-electron chi connectivity index (χ0n) is 16.2. The Hall–Kier alpha value is -2.21. The van der Waals surface area contributed by atoms with Gasteiger partial charge in [-0.05, 0) is 17.7 Å². The molecule has 27 heavy (non-hydrogen) atoms. The van der Waals surface area contributed by atoms with Crippen LogP contribution in [0.2, 0.25) is 0 Å². The van der Waals surface area contributed by atoms with Crippen LogP contribution < -0.4 is 10.1 Å². The molecule has 2 aromatic rings. The highest BCUT2D eigenvalue weighted by Gasteiger charge is 2.22. The number of hydrogen-bond donors (Lipinski definition) is 2. The second-order valence-electron chi connectivity index (χ2n) is 6.82. The Bertz CT molecular complexity index is 702. The summed E-state index contributed by atoms with van der Waals surface area (Å²) < 4.78 is 11.1. The number of nitrogens with one attached hydrogen (secondary N) is 1. The quantitative estimate of drug-likeness (QED) is 0.595. The molecule has 0 fully saturated rings. The molecule has 0 spiro atoms. The lowest BCUT2D eigenvalue weighted by molar-refractivity contribution is -0.00218. The topological polar surface area (TPSA) is 67.8 Å². The fourth-order valence-corrected chi connectivity index (χ4v) is 2.69. The van der Waals surface area contributed by atoms with Gasteiger partial charge in [0.1, 0.15) is 11.9 Å². The first-order chi connectivity index (χ1) is 13.0. The van der Waals surface area contributed by atoms with E-state index < -0.39 is 12.2 Å². The van der Waals surface area contributed by atoms with Crippen LogP contribution in [0.15, 0.2) is 54.6 Å². The number of carbonyl (C=O) groups excluding carboxylic acids is 1. The van der Waals surface area contributed by atoms with Gasteiger partial charge in [0.25, 0.3) is 0 Å². The van der Waals surface area contributed by atoms with Gasteiger partial charge in [-0.3, -0.25) is 4.79 Å². The normalized spacial score (nSPS) is 13.4. The second kappa shape index (κ2) is 10.8. The molecule has 0 aliphatic heterocycles. The number of methoxy groups -OCH3 is 1. The number of carbonyl (C=O) groups is 1. The molecule has 2 aromatic carbocycles. The fourth-order valence-electron chi connectivity index (χ4n) is 2.69. The molecule has 0 saturated heterocycles. The Kier molecular flexibility index (Phi) is 8.45. The number of ketones is 1. The molecule has 2 atom stereocenters. The van der Waals surface area contributed by atoms with Crippen molar-refractivity contribution >= 4 is 5.78 Å².